The standard InChI is InChI=1S/C20H38S2/c1-3-5-6-7-8-9-10-11-12-13-14-15-16-17-18-19-20(4-2)22-21/h8-9,11-12,20-21H,3-7,10,13-19H2,1-2H3. The third kappa shape index (κ3) is 16.5. The second-order valence-electron chi connectivity index (χ2n) is 6.16. The minimum absolute atomic E-state index is 0.765. The van der Waals surface area contributed by atoms with Crippen LogP contribution in [0.2, 0.25) is 0 Å². The van der Waals surface area contributed by atoms with Gasteiger partial charge in [0.1, 0.15) is 0 Å². The topological polar surface area (TPSA) is 0 Å². The molecule has 22 heavy (non-hydrogen) atoms. The maximum atomic E-state index is 4.33. The molecule has 1 atom stereocenters. The van der Waals surface area contributed by atoms with E-state index < -0.39 is 0 Å². The molecule has 0 aliphatic heterocycles. The zero-order valence-corrected chi connectivity index (χ0v) is 16.6. The molecule has 130 valence electrons. The summed E-state index contributed by atoms with van der Waals surface area (Å²) in [4.78, 5) is 0. The zero-order chi connectivity index (χ0) is 16.3. The molecule has 0 heterocycles. The van der Waals surface area contributed by atoms with Gasteiger partial charge in [0.05, 0.1) is 0 Å². The fourth-order valence-electron chi connectivity index (χ4n) is 2.51. The van der Waals surface area contributed by atoms with Crippen molar-refractivity contribution in [1.82, 2.24) is 0 Å². The normalized spacial score (nSPS) is 13.4. The Hall–Kier alpha value is 0.180. The molecule has 2 heteroatoms. The van der Waals surface area contributed by atoms with Crippen LogP contribution >= 0.6 is 22.5 Å². The lowest BCUT2D eigenvalue weighted by molar-refractivity contribution is 0.584. The van der Waals surface area contributed by atoms with E-state index in [9.17, 15) is 0 Å². The van der Waals surface area contributed by atoms with Gasteiger partial charge >= 0.3 is 0 Å². The van der Waals surface area contributed by atoms with Crippen molar-refractivity contribution >= 4 is 22.5 Å². The summed E-state index contributed by atoms with van der Waals surface area (Å²) in [5.41, 5.74) is 0. The van der Waals surface area contributed by atoms with E-state index in [0.29, 0.717) is 0 Å². The van der Waals surface area contributed by atoms with E-state index in [-0.39, 0.29) is 0 Å². The van der Waals surface area contributed by atoms with Crippen molar-refractivity contribution in [3.63, 3.8) is 0 Å². The number of unbranched alkanes of at least 4 members (excludes halogenated alkanes) is 8. The van der Waals surface area contributed by atoms with Crippen LogP contribution in [0.15, 0.2) is 24.3 Å². The molecule has 0 aliphatic rings. The van der Waals surface area contributed by atoms with Gasteiger partial charge in [0.25, 0.3) is 0 Å². The summed E-state index contributed by atoms with van der Waals surface area (Å²) in [5.74, 6) is 0. The molecule has 0 nitrogen and oxygen atoms in total. The Balaban J connectivity index is 3.23. The minimum atomic E-state index is 0.765. The first-order valence-electron chi connectivity index (χ1n) is 9.45. The summed E-state index contributed by atoms with van der Waals surface area (Å²) < 4.78 is 0. The molecule has 0 aromatic heterocycles. The molecule has 0 saturated heterocycles. The highest BCUT2D eigenvalue weighted by molar-refractivity contribution is 8.68. The van der Waals surface area contributed by atoms with E-state index in [1.807, 2.05) is 0 Å². The predicted molar refractivity (Wildman–Crippen MR) is 110 cm³/mol. The Morgan fingerprint density at radius 1 is 0.773 bits per heavy atom. The van der Waals surface area contributed by atoms with Gasteiger partial charge in [0.2, 0.25) is 0 Å². The Kier molecular flexibility index (Phi) is 19.4. The van der Waals surface area contributed by atoms with Crippen molar-refractivity contribution in [2.24, 2.45) is 0 Å². The Labute approximate surface area is 149 Å². The first-order chi connectivity index (χ1) is 10.8. The SMILES string of the molecule is CCCCCC=CCC=CCCCCCCCC(CC)SS. The first-order valence-corrected chi connectivity index (χ1v) is 11.4. The number of allylic oxidation sites excluding steroid dienone is 4. The van der Waals surface area contributed by atoms with Crippen LogP contribution in [0, 0.1) is 0 Å². The third-order valence-corrected chi connectivity index (χ3v) is 5.84. The average molecular weight is 343 g/mol. The van der Waals surface area contributed by atoms with E-state index in [1.165, 1.54) is 77.0 Å². The fourth-order valence-corrected chi connectivity index (χ4v) is 3.70. The van der Waals surface area contributed by atoms with Crippen LogP contribution in [-0.2, 0) is 0 Å². The van der Waals surface area contributed by atoms with E-state index in [4.69, 9.17) is 0 Å². The summed E-state index contributed by atoms with van der Waals surface area (Å²) in [6.45, 7) is 4.52. The summed E-state index contributed by atoms with van der Waals surface area (Å²) in [7, 11) is 1.74. The van der Waals surface area contributed by atoms with Gasteiger partial charge in [0.15, 0.2) is 0 Å². The smallest absolute Gasteiger partial charge is 0.0146 e. The predicted octanol–water partition coefficient (Wildman–Crippen LogP) is 8.16. The lowest BCUT2D eigenvalue weighted by Gasteiger charge is -2.09. The van der Waals surface area contributed by atoms with Crippen LogP contribution < -0.4 is 0 Å². The molecular formula is C20H38S2. The van der Waals surface area contributed by atoms with Crippen molar-refractivity contribution in [2.75, 3.05) is 0 Å². The summed E-state index contributed by atoms with van der Waals surface area (Å²) in [6.07, 6.45) is 26.5. The highest BCUT2D eigenvalue weighted by atomic mass is 33.1. The maximum absolute atomic E-state index is 4.33. The molecule has 0 saturated carbocycles. The molecule has 0 aliphatic carbocycles. The van der Waals surface area contributed by atoms with Gasteiger partial charge in [-0.15, -0.1) is 11.7 Å². The van der Waals surface area contributed by atoms with Gasteiger partial charge < -0.3 is 0 Å². The molecule has 0 radical (unpaired) electrons. The fraction of sp³-hybridized carbons (Fsp3) is 0.800. The van der Waals surface area contributed by atoms with Crippen molar-refractivity contribution in [2.45, 2.75) is 103 Å². The Morgan fingerprint density at radius 3 is 1.95 bits per heavy atom. The van der Waals surface area contributed by atoms with Gasteiger partial charge in [0, 0.05) is 5.25 Å². The second-order valence-corrected chi connectivity index (χ2v) is 7.67. The number of thiol groups is 1. The minimum Gasteiger partial charge on any atom is -0.111 e. The van der Waals surface area contributed by atoms with Gasteiger partial charge in [-0.2, -0.15) is 0 Å². The van der Waals surface area contributed by atoms with Crippen molar-refractivity contribution in [1.29, 1.82) is 0 Å². The highest BCUT2D eigenvalue weighted by Gasteiger charge is 2.03. The Morgan fingerprint density at radius 2 is 1.36 bits per heavy atom. The van der Waals surface area contributed by atoms with Crippen LogP contribution in [0.4, 0.5) is 0 Å². The quantitative estimate of drug-likeness (QED) is 0.128. The second kappa shape index (κ2) is 19.2. The summed E-state index contributed by atoms with van der Waals surface area (Å²) in [6, 6.07) is 0. The molecular weight excluding hydrogens is 304 g/mol. The zero-order valence-electron chi connectivity index (χ0n) is 14.9. The molecule has 0 bridgehead atoms. The van der Waals surface area contributed by atoms with Gasteiger partial charge in [-0.25, -0.2) is 0 Å². The number of hydrogen-bond donors (Lipinski definition) is 1. The summed E-state index contributed by atoms with van der Waals surface area (Å²) >= 11 is 4.33. The monoisotopic (exact) mass is 342 g/mol. The van der Waals surface area contributed by atoms with Crippen LogP contribution in [-0.4, -0.2) is 5.25 Å². The van der Waals surface area contributed by atoms with Gasteiger partial charge in [-0.1, -0.05) is 87.5 Å². The number of rotatable bonds is 16. The van der Waals surface area contributed by atoms with Crippen molar-refractivity contribution in [3.05, 3.63) is 24.3 Å². The van der Waals surface area contributed by atoms with Gasteiger partial charge in [-0.3, -0.25) is 0 Å². The lowest BCUT2D eigenvalue weighted by atomic mass is 10.1. The van der Waals surface area contributed by atoms with Crippen LogP contribution in [0.1, 0.15) is 97.3 Å². The van der Waals surface area contributed by atoms with Gasteiger partial charge in [-0.05, 0) is 44.9 Å². The molecule has 0 N–H and O–H groups in total. The maximum Gasteiger partial charge on any atom is 0.0146 e. The van der Waals surface area contributed by atoms with E-state index in [0.717, 1.165) is 11.7 Å². The highest BCUT2D eigenvalue weighted by Crippen LogP contribution is 2.23. The van der Waals surface area contributed by atoms with Crippen LogP contribution in [0.5, 0.6) is 0 Å². The largest absolute Gasteiger partial charge is 0.111 e. The Bertz CT molecular complexity index is 254. The van der Waals surface area contributed by atoms with E-state index in [1.54, 1.807) is 10.8 Å². The molecule has 0 amide bonds. The molecule has 0 aromatic carbocycles. The van der Waals surface area contributed by atoms with Crippen LogP contribution in [0.3, 0.4) is 0 Å². The summed E-state index contributed by atoms with van der Waals surface area (Å²) in [5, 5.41) is 0.765. The van der Waals surface area contributed by atoms with Crippen LogP contribution in [0.25, 0.3) is 0 Å². The molecule has 0 fully saturated rings. The molecule has 1 unspecified atom stereocenters. The molecule has 0 aromatic rings. The van der Waals surface area contributed by atoms with E-state index in [2.05, 4.69) is 49.8 Å². The van der Waals surface area contributed by atoms with Crippen molar-refractivity contribution in [3.8, 4) is 0 Å². The average Bonchev–Trinajstić information content (AvgIpc) is 2.55. The molecule has 0 spiro atoms. The third-order valence-electron chi connectivity index (χ3n) is 4.08. The van der Waals surface area contributed by atoms with E-state index >= 15 is 0 Å². The number of hydrogen-bond acceptors (Lipinski definition) is 2. The van der Waals surface area contributed by atoms with Crippen molar-refractivity contribution < 1.29 is 0 Å². The molecule has 0 rings (SSSR count). The first kappa shape index (κ1) is 22.2. The lowest BCUT2D eigenvalue weighted by Crippen LogP contribution is -1.97.